The fraction of sp³-hybridized carbons (Fsp3) is 0.0667. The molecule has 2 rings (SSSR count). The van der Waals surface area contributed by atoms with E-state index >= 15 is 0 Å². The fourth-order valence-corrected chi connectivity index (χ4v) is 1.59. The molecule has 20 heavy (non-hydrogen) atoms. The number of carboxylic acids is 1. The molecule has 0 aliphatic heterocycles. The Balaban J connectivity index is 1.96. The van der Waals surface area contributed by atoms with E-state index in [-0.39, 0.29) is 12.2 Å². The number of benzene rings is 2. The third-order valence-corrected chi connectivity index (χ3v) is 2.72. The van der Waals surface area contributed by atoms with Crippen LogP contribution in [-0.4, -0.2) is 17.0 Å². The van der Waals surface area contributed by atoms with Gasteiger partial charge in [0.15, 0.2) is 0 Å². The maximum absolute atomic E-state index is 11.7. The number of anilines is 1. The molecule has 3 N–H and O–H groups in total. The number of nitrogens with two attached hydrogens (primary N) is 1. The molecule has 0 aromatic heterocycles. The Morgan fingerprint density at radius 3 is 2.05 bits per heavy atom. The monoisotopic (exact) mass is 271 g/mol. The van der Waals surface area contributed by atoms with E-state index in [1.165, 1.54) is 12.1 Å². The average molecular weight is 271 g/mol. The summed E-state index contributed by atoms with van der Waals surface area (Å²) in [5.74, 6) is -1.44. The normalized spacial score (nSPS) is 10.0. The summed E-state index contributed by atoms with van der Waals surface area (Å²) in [6, 6.07) is 12.6. The first-order chi connectivity index (χ1) is 9.56. The standard InChI is InChI=1S/C15H13NO4/c16-13-7-5-12(6-8-13)15(19)20-9-10-1-3-11(4-2-10)14(17)18/h1-8H,9,16H2,(H,17,18). The average Bonchev–Trinajstić information content (AvgIpc) is 2.46. The smallest absolute Gasteiger partial charge is 0.338 e. The van der Waals surface area contributed by atoms with E-state index in [0.29, 0.717) is 11.3 Å². The van der Waals surface area contributed by atoms with Crippen LogP contribution in [0.15, 0.2) is 48.5 Å². The summed E-state index contributed by atoms with van der Waals surface area (Å²) >= 11 is 0. The van der Waals surface area contributed by atoms with Crippen molar-refractivity contribution in [2.45, 2.75) is 6.61 Å². The molecule has 0 heterocycles. The minimum Gasteiger partial charge on any atom is -0.478 e. The Hall–Kier alpha value is -2.82. The molecule has 0 unspecified atom stereocenters. The lowest BCUT2D eigenvalue weighted by Gasteiger charge is -2.05. The molecule has 2 aromatic rings. The van der Waals surface area contributed by atoms with Gasteiger partial charge in [0.2, 0.25) is 0 Å². The minimum atomic E-state index is -0.990. The highest BCUT2D eigenvalue weighted by atomic mass is 16.5. The van der Waals surface area contributed by atoms with E-state index in [9.17, 15) is 9.59 Å². The van der Waals surface area contributed by atoms with Crippen LogP contribution in [0.2, 0.25) is 0 Å². The van der Waals surface area contributed by atoms with Crippen molar-refractivity contribution in [3.05, 3.63) is 65.2 Å². The van der Waals surface area contributed by atoms with Crippen molar-refractivity contribution in [1.29, 1.82) is 0 Å². The second kappa shape index (κ2) is 5.88. The van der Waals surface area contributed by atoms with E-state index in [2.05, 4.69) is 0 Å². The van der Waals surface area contributed by atoms with Gasteiger partial charge >= 0.3 is 11.9 Å². The van der Waals surface area contributed by atoms with Gasteiger partial charge in [-0.2, -0.15) is 0 Å². The van der Waals surface area contributed by atoms with Gasteiger partial charge in [0.05, 0.1) is 11.1 Å². The van der Waals surface area contributed by atoms with Gasteiger partial charge in [-0.3, -0.25) is 0 Å². The van der Waals surface area contributed by atoms with Crippen LogP contribution in [0.4, 0.5) is 5.69 Å². The molecule has 0 saturated carbocycles. The number of nitrogen functional groups attached to an aromatic ring is 1. The number of esters is 1. The van der Waals surface area contributed by atoms with Crippen LogP contribution >= 0.6 is 0 Å². The van der Waals surface area contributed by atoms with Crippen molar-refractivity contribution in [2.24, 2.45) is 0 Å². The maximum Gasteiger partial charge on any atom is 0.338 e. The quantitative estimate of drug-likeness (QED) is 0.658. The van der Waals surface area contributed by atoms with Crippen LogP contribution in [0.25, 0.3) is 0 Å². The van der Waals surface area contributed by atoms with Gasteiger partial charge < -0.3 is 15.6 Å². The summed E-state index contributed by atoms with van der Waals surface area (Å²) in [5.41, 5.74) is 7.44. The first kappa shape index (κ1) is 13.6. The molecule has 0 fully saturated rings. The topological polar surface area (TPSA) is 89.6 Å². The van der Waals surface area contributed by atoms with Crippen LogP contribution in [0.3, 0.4) is 0 Å². The highest BCUT2D eigenvalue weighted by molar-refractivity contribution is 5.89. The lowest BCUT2D eigenvalue weighted by Crippen LogP contribution is -2.05. The second-order valence-electron chi connectivity index (χ2n) is 4.20. The van der Waals surface area contributed by atoms with Crippen molar-refractivity contribution in [2.75, 3.05) is 5.73 Å². The van der Waals surface area contributed by atoms with Crippen LogP contribution < -0.4 is 5.73 Å². The van der Waals surface area contributed by atoms with E-state index in [0.717, 1.165) is 5.56 Å². The molecule has 0 atom stereocenters. The molecule has 5 nitrogen and oxygen atoms in total. The maximum atomic E-state index is 11.7. The summed E-state index contributed by atoms with van der Waals surface area (Å²) in [4.78, 5) is 22.4. The van der Waals surface area contributed by atoms with Crippen molar-refractivity contribution in [3.8, 4) is 0 Å². The second-order valence-corrected chi connectivity index (χ2v) is 4.20. The van der Waals surface area contributed by atoms with Gasteiger partial charge in [0.25, 0.3) is 0 Å². The van der Waals surface area contributed by atoms with Gasteiger partial charge in [-0.15, -0.1) is 0 Å². The lowest BCUT2D eigenvalue weighted by atomic mass is 10.1. The number of hydrogen-bond acceptors (Lipinski definition) is 4. The summed E-state index contributed by atoms with van der Waals surface area (Å²) < 4.78 is 5.13. The van der Waals surface area contributed by atoms with Gasteiger partial charge in [-0.05, 0) is 42.0 Å². The summed E-state index contributed by atoms with van der Waals surface area (Å²) in [7, 11) is 0. The molecule has 2 aromatic carbocycles. The van der Waals surface area contributed by atoms with Gasteiger partial charge in [0, 0.05) is 5.69 Å². The molecule has 5 heteroatoms. The zero-order chi connectivity index (χ0) is 14.5. The van der Waals surface area contributed by atoms with Crippen molar-refractivity contribution in [1.82, 2.24) is 0 Å². The van der Waals surface area contributed by atoms with E-state index in [1.807, 2.05) is 0 Å². The molecule has 102 valence electrons. The Kier molecular flexibility index (Phi) is 4.00. The number of ether oxygens (including phenoxy) is 1. The van der Waals surface area contributed by atoms with Crippen molar-refractivity contribution in [3.63, 3.8) is 0 Å². The molecule has 0 bridgehead atoms. The Labute approximate surface area is 115 Å². The van der Waals surface area contributed by atoms with Gasteiger partial charge in [0.1, 0.15) is 6.61 Å². The number of rotatable bonds is 4. The van der Waals surface area contributed by atoms with Crippen LogP contribution in [-0.2, 0) is 11.3 Å². The van der Waals surface area contributed by atoms with Crippen LogP contribution in [0.1, 0.15) is 26.3 Å². The number of hydrogen-bond donors (Lipinski definition) is 2. The van der Waals surface area contributed by atoms with Gasteiger partial charge in [-0.25, -0.2) is 9.59 Å². The minimum absolute atomic E-state index is 0.0864. The van der Waals surface area contributed by atoms with E-state index in [1.54, 1.807) is 36.4 Å². The molecular weight excluding hydrogens is 258 g/mol. The Morgan fingerprint density at radius 2 is 1.50 bits per heavy atom. The molecular formula is C15H13NO4. The Bertz CT molecular complexity index is 617. The molecule has 0 aliphatic carbocycles. The highest BCUT2D eigenvalue weighted by Gasteiger charge is 2.07. The van der Waals surface area contributed by atoms with Crippen LogP contribution in [0.5, 0.6) is 0 Å². The molecule has 0 amide bonds. The molecule has 0 spiro atoms. The lowest BCUT2D eigenvalue weighted by molar-refractivity contribution is 0.0472. The predicted octanol–water partition coefficient (Wildman–Crippen LogP) is 2.32. The third-order valence-electron chi connectivity index (χ3n) is 2.72. The van der Waals surface area contributed by atoms with Gasteiger partial charge in [-0.1, -0.05) is 12.1 Å². The third kappa shape index (κ3) is 3.35. The first-order valence-electron chi connectivity index (χ1n) is 5.91. The fourth-order valence-electron chi connectivity index (χ4n) is 1.59. The molecule has 0 saturated heterocycles. The van der Waals surface area contributed by atoms with E-state index < -0.39 is 11.9 Å². The SMILES string of the molecule is Nc1ccc(C(=O)OCc2ccc(C(=O)O)cc2)cc1. The summed E-state index contributed by atoms with van der Waals surface area (Å²) in [5, 5.41) is 8.77. The highest BCUT2D eigenvalue weighted by Crippen LogP contribution is 2.10. The number of carbonyl (C=O) groups is 2. The molecule has 0 radical (unpaired) electrons. The zero-order valence-corrected chi connectivity index (χ0v) is 10.6. The van der Waals surface area contributed by atoms with Crippen LogP contribution in [0, 0.1) is 0 Å². The first-order valence-corrected chi connectivity index (χ1v) is 5.91. The number of carbonyl (C=O) groups excluding carboxylic acids is 1. The zero-order valence-electron chi connectivity index (χ0n) is 10.6. The Morgan fingerprint density at radius 1 is 0.950 bits per heavy atom. The predicted molar refractivity (Wildman–Crippen MR) is 73.4 cm³/mol. The summed E-state index contributed by atoms with van der Waals surface area (Å²) in [6.07, 6.45) is 0. The molecule has 0 aliphatic rings. The van der Waals surface area contributed by atoms with Crippen molar-refractivity contribution >= 4 is 17.6 Å². The van der Waals surface area contributed by atoms with Crippen molar-refractivity contribution < 1.29 is 19.4 Å². The summed E-state index contributed by atoms with van der Waals surface area (Å²) in [6.45, 7) is 0.0864. The number of carboxylic acid groups (broad SMARTS) is 1. The van der Waals surface area contributed by atoms with E-state index in [4.69, 9.17) is 15.6 Å². The largest absolute Gasteiger partial charge is 0.478 e. The number of aromatic carboxylic acids is 1.